The molecule has 1 aliphatic rings. The highest BCUT2D eigenvalue weighted by molar-refractivity contribution is 5.82. The van der Waals surface area contributed by atoms with E-state index in [9.17, 15) is 0 Å². The number of unbranched alkanes of at least 4 members (excludes halogenated alkanes) is 13. The van der Waals surface area contributed by atoms with Gasteiger partial charge in [0.2, 0.25) is 5.82 Å². The van der Waals surface area contributed by atoms with Crippen LogP contribution in [0, 0.1) is 0 Å². The second-order valence-electron chi connectivity index (χ2n) is 13.3. The van der Waals surface area contributed by atoms with E-state index in [0.29, 0.717) is 17.2 Å². The number of hydrogen-bond donors (Lipinski definition) is 1. The van der Waals surface area contributed by atoms with Crippen molar-refractivity contribution >= 4 is 23.5 Å². The Morgan fingerprint density at radius 2 is 1.46 bits per heavy atom. The first kappa shape index (κ1) is 34.8. The molecule has 0 saturated carbocycles. The average molecular weight is 666 g/mol. The molecule has 258 valence electrons. The summed E-state index contributed by atoms with van der Waals surface area (Å²) in [5.74, 6) is 0.612. The Bertz CT molecular complexity index is 1890. The molecule has 0 unspecified atom stereocenters. The summed E-state index contributed by atoms with van der Waals surface area (Å²) in [6.07, 6.45) is 34.9. The van der Waals surface area contributed by atoms with Crippen LogP contribution < -0.4 is 0 Å². The Labute approximate surface area is 297 Å². The third-order valence-corrected chi connectivity index (χ3v) is 9.55. The summed E-state index contributed by atoms with van der Waals surface area (Å²) in [5.41, 5.74) is 11.4. The van der Waals surface area contributed by atoms with Crippen LogP contribution in [-0.4, -0.2) is 41.2 Å². The van der Waals surface area contributed by atoms with Crippen molar-refractivity contribution < 1.29 is 0 Å². The van der Waals surface area contributed by atoms with Crippen molar-refractivity contribution in [1.29, 1.82) is 0 Å². The number of H-pyrrole nitrogens is 1. The van der Waals surface area contributed by atoms with E-state index in [1.165, 1.54) is 107 Å². The predicted molar refractivity (Wildman–Crippen MR) is 207 cm³/mol. The largest absolute Gasteiger partial charge is 0.347 e. The van der Waals surface area contributed by atoms with Gasteiger partial charge in [0.05, 0.1) is 17.5 Å². The van der Waals surface area contributed by atoms with E-state index >= 15 is 0 Å². The van der Waals surface area contributed by atoms with Gasteiger partial charge in [0, 0.05) is 42.0 Å². The molecule has 6 rings (SSSR count). The van der Waals surface area contributed by atoms with Gasteiger partial charge in [-0.25, -0.2) is 9.50 Å². The maximum Gasteiger partial charge on any atom is 0.203 e. The fraction of sp³-hybridized carbons (Fsp3) is 0.372. The highest BCUT2D eigenvalue weighted by atomic mass is 15.4. The molecule has 7 heteroatoms. The minimum Gasteiger partial charge on any atom is -0.347 e. The van der Waals surface area contributed by atoms with E-state index in [1.54, 1.807) is 18.6 Å². The molecule has 0 aliphatic carbocycles. The quantitative estimate of drug-likeness (QED) is 0.0702. The number of fused-ring (bicyclic) bond motifs is 2. The SMILES string of the molecule is CCCCCCCCCCCCCCCCN1C=Cc2ccccc2C1=CC=C=Cc1c(-c2ccccc2)[nH]n2c(-c3cnccn3)nnc12. The molecule has 0 bridgehead atoms. The third-order valence-electron chi connectivity index (χ3n) is 9.55. The lowest BCUT2D eigenvalue weighted by molar-refractivity contribution is 0.479. The second kappa shape index (κ2) is 18.7. The number of aromatic nitrogens is 6. The van der Waals surface area contributed by atoms with Crippen LogP contribution in [0.3, 0.4) is 0 Å². The van der Waals surface area contributed by atoms with Gasteiger partial charge in [-0.05, 0) is 36.3 Å². The first-order valence-electron chi connectivity index (χ1n) is 18.8. The van der Waals surface area contributed by atoms with Gasteiger partial charge in [0.25, 0.3) is 0 Å². The van der Waals surface area contributed by atoms with Crippen molar-refractivity contribution in [3.05, 3.63) is 114 Å². The van der Waals surface area contributed by atoms with Crippen LogP contribution in [0.2, 0.25) is 0 Å². The predicted octanol–water partition coefficient (Wildman–Crippen LogP) is 11.2. The molecule has 0 spiro atoms. The Morgan fingerprint density at radius 3 is 2.18 bits per heavy atom. The minimum atomic E-state index is 0.612. The fourth-order valence-electron chi connectivity index (χ4n) is 6.79. The minimum absolute atomic E-state index is 0.612. The highest BCUT2D eigenvalue weighted by Crippen LogP contribution is 2.31. The number of nitrogens with zero attached hydrogens (tertiary/aromatic N) is 6. The molecule has 5 aromatic rings. The topological polar surface area (TPSA) is 75.0 Å². The van der Waals surface area contributed by atoms with Crippen molar-refractivity contribution in [3.8, 4) is 22.8 Å². The number of benzene rings is 2. The van der Waals surface area contributed by atoms with Crippen LogP contribution in [0.15, 0.2) is 97.3 Å². The molecule has 0 atom stereocenters. The lowest BCUT2D eigenvalue weighted by Crippen LogP contribution is -2.20. The summed E-state index contributed by atoms with van der Waals surface area (Å²) in [6, 6.07) is 18.9. The summed E-state index contributed by atoms with van der Waals surface area (Å²) in [5, 5.41) is 12.5. The number of allylic oxidation sites excluding steroid dienone is 2. The Morgan fingerprint density at radius 1 is 0.760 bits per heavy atom. The lowest BCUT2D eigenvalue weighted by atomic mass is 9.99. The number of rotatable bonds is 19. The normalized spacial score (nSPS) is 13.1. The van der Waals surface area contributed by atoms with Gasteiger partial charge in [-0.15, -0.1) is 15.9 Å². The van der Waals surface area contributed by atoms with Gasteiger partial charge < -0.3 is 4.90 Å². The van der Waals surface area contributed by atoms with Gasteiger partial charge in [-0.3, -0.25) is 10.1 Å². The van der Waals surface area contributed by atoms with Gasteiger partial charge in [0.1, 0.15) is 5.69 Å². The van der Waals surface area contributed by atoms with Crippen molar-refractivity contribution in [1.82, 2.24) is 34.7 Å². The average Bonchev–Trinajstić information content (AvgIpc) is 3.74. The maximum atomic E-state index is 4.54. The molecule has 2 aromatic carbocycles. The summed E-state index contributed by atoms with van der Waals surface area (Å²) < 4.78 is 1.87. The van der Waals surface area contributed by atoms with Crippen molar-refractivity contribution in [3.63, 3.8) is 0 Å². The van der Waals surface area contributed by atoms with Gasteiger partial charge in [-0.2, -0.15) is 0 Å². The monoisotopic (exact) mass is 665 g/mol. The zero-order valence-corrected chi connectivity index (χ0v) is 29.6. The molecule has 0 fully saturated rings. The van der Waals surface area contributed by atoms with E-state index in [2.05, 4.69) is 97.6 Å². The second-order valence-corrected chi connectivity index (χ2v) is 13.3. The van der Waals surface area contributed by atoms with Crippen LogP contribution in [-0.2, 0) is 0 Å². The molecule has 1 aliphatic heterocycles. The number of aromatic amines is 1. The smallest absolute Gasteiger partial charge is 0.203 e. The molecule has 1 N–H and O–H groups in total. The van der Waals surface area contributed by atoms with Crippen LogP contribution in [0.25, 0.3) is 46.3 Å². The highest BCUT2D eigenvalue weighted by Gasteiger charge is 2.19. The molecular formula is C43H51N7. The van der Waals surface area contributed by atoms with E-state index in [-0.39, 0.29) is 0 Å². The number of hydrogen-bond acceptors (Lipinski definition) is 5. The molecular weight excluding hydrogens is 615 g/mol. The molecule has 3 aromatic heterocycles. The van der Waals surface area contributed by atoms with E-state index in [1.807, 2.05) is 34.9 Å². The molecule has 7 nitrogen and oxygen atoms in total. The summed E-state index contributed by atoms with van der Waals surface area (Å²) >= 11 is 0. The van der Waals surface area contributed by atoms with Crippen LogP contribution in [0.4, 0.5) is 0 Å². The van der Waals surface area contributed by atoms with Crippen molar-refractivity contribution in [2.45, 2.75) is 96.8 Å². The lowest BCUT2D eigenvalue weighted by Gasteiger charge is -2.28. The Balaban J connectivity index is 1.10. The van der Waals surface area contributed by atoms with Crippen molar-refractivity contribution in [2.75, 3.05) is 6.54 Å². The standard InChI is InChI=1S/C43H51N7/c1-2-3-4-5-6-7-8-9-10-11-12-13-14-22-32-49-33-29-35-23-18-19-26-37(35)40(49)28-21-20-27-38-41(36-24-16-15-17-25-36)48-50-42(38)46-47-43(50)39-34-44-30-31-45-39/h15-19,21,23-31,33-34,48H,2-14,22,32H2,1H3. The summed E-state index contributed by atoms with van der Waals surface area (Å²) in [7, 11) is 0. The van der Waals surface area contributed by atoms with E-state index < -0.39 is 0 Å². The molecule has 0 saturated heterocycles. The first-order valence-corrected chi connectivity index (χ1v) is 18.8. The number of nitrogens with one attached hydrogen (secondary N) is 1. The molecule has 0 radical (unpaired) electrons. The van der Waals surface area contributed by atoms with Crippen LogP contribution in [0.1, 0.15) is 114 Å². The van der Waals surface area contributed by atoms with Gasteiger partial charge >= 0.3 is 0 Å². The summed E-state index contributed by atoms with van der Waals surface area (Å²) in [6.45, 7) is 3.30. The van der Waals surface area contributed by atoms with Crippen molar-refractivity contribution in [2.24, 2.45) is 0 Å². The van der Waals surface area contributed by atoms with Crippen LogP contribution in [0.5, 0.6) is 0 Å². The van der Waals surface area contributed by atoms with Gasteiger partial charge in [0.15, 0.2) is 5.65 Å². The van der Waals surface area contributed by atoms with Crippen LogP contribution >= 0.6 is 0 Å². The molecule has 0 amide bonds. The molecule has 50 heavy (non-hydrogen) atoms. The van der Waals surface area contributed by atoms with E-state index in [0.717, 1.165) is 23.4 Å². The Hall–Kier alpha value is -5.00. The Kier molecular flexibility index (Phi) is 13.0. The molecule has 4 heterocycles. The summed E-state index contributed by atoms with van der Waals surface area (Å²) in [4.78, 5) is 11.1. The zero-order chi connectivity index (χ0) is 34.2. The third kappa shape index (κ3) is 9.16. The fourth-order valence-corrected chi connectivity index (χ4v) is 6.79. The van der Waals surface area contributed by atoms with Gasteiger partial charge in [-0.1, -0.05) is 145 Å². The maximum absolute atomic E-state index is 4.54. The van der Waals surface area contributed by atoms with E-state index in [4.69, 9.17) is 0 Å². The first-order chi connectivity index (χ1) is 24.8. The zero-order valence-electron chi connectivity index (χ0n) is 29.6.